The monoisotopic (exact) mass is 187 g/mol. The topological polar surface area (TPSA) is 66.4 Å². The number of nitrogens with one attached hydrogen (secondary N) is 1. The Morgan fingerprint density at radius 3 is 2.54 bits per heavy atom. The van der Waals surface area contributed by atoms with Crippen LogP contribution in [0.5, 0.6) is 0 Å². The van der Waals surface area contributed by atoms with Crippen molar-refractivity contribution in [3.8, 4) is 0 Å². The van der Waals surface area contributed by atoms with Gasteiger partial charge in [0.1, 0.15) is 5.78 Å². The molecule has 4 nitrogen and oxygen atoms in total. The molecule has 0 fully saturated rings. The van der Waals surface area contributed by atoms with Gasteiger partial charge >= 0.3 is 0 Å². The van der Waals surface area contributed by atoms with E-state index in [4.69, 9.17) is 5.11 Å². The van der Waals surface area contributed by atoms with Crippen LogP contribution in [0.2, 0.25) is 0 Å². The van der Waals surface area contributed by atoms with Gasteiger partial charge in [-0.3, -0.25) is 9.59 Å². The Balaban J connectivity index is 3.71. The van der Waals surface area contributed by atoms with Crippen LogP contribution < -0.4 is 5.32 Å². The lowest BCUT2D eigenvalue weighted by atomic mass is 10.0. The van der Waals surface area contributed by atoms with Gasteiger partial charge in [0.15, 0.2) is 0 Å². The number of amides is 1. The molecule has 0 aliphatic carbocycles. The predicted molar refractivity (Wildman–Crippen MR) is 49.2 cm³/mol. The van der Waals surface area contributed by atoms with Crippen molar-refractivity contribution in [3.05, 3.63) is 0 Å². The van der Waals surface area contributed by atoms with Gasteiger partial charge in [0.05, 0.1) is 6.61 Å². The molecular formula is C9H17NO3. The molecule has 0 aliphatic rings. The Bertz CT molecular complexity index is 180. The molecule has 1 unspecified atom stereocenters. The number of ketones is 1. The maximum absolute atomic E-state index is 11.1. The minimum absolute atomic E-state index is 0.0676. The summed E-state index contributed by atoms with van der Waals surface area (Å²) in [7, 11) is 0. The summed E-state index contributed by atoms with van der Waals surface area (Å²) in [6.07, 6.45) is 0.682. The molecule has 1 atom stereocenters. The molecule has 0 heterocycles. The van der Waals surface area contributed by atoms with Crippen LogP contribution in [0.15, 0.2) is 0 Å². The van der Waals surface area contributed by atoms with E-state index in [9.17, 15) is 9.59 Å². The van der Waals surface area contributed by atoms with Crippen molar-refractivity contribution < 1.29 is 14.7 Å². The van der Waals surface area contributed by atoms with Crippen molar-refractivity contribution in [2.75, 3.05) is 13.2 Å². The molecule has 0 aromatic rings. The van der Waals surface area contributed by atoms with Gasteiger partial charge in [-0.15, -0.1) is 0 Å². The molecule has 1 amide bonds. The number of rotatable bonds is 6. The number of aliphatic hydroxyl groups is 1. The summed E-state index contributed by atoms with van der Waals surface area (Å²) in [6, 6.07) is 0. The maximum atomic E-state index is 11.1. The van der Waals surface area contributed by atoms with Crippen molar-refractivity contribution in [1.82, 2.24) is 5.32 Å². The Morgan fingerprint density at radius 1 is 1.46 bits per heavy atom. The van der Waals surface area contributed by atoms with E-state index < -0.39 is 0 Å². The second-order valence-electron chi connectivity index (χ2n) is 3.00. The van der Waals surface area contributed by atoms with Crippen LogP contribution in [0.1, 0.15) is 26.7 Å². The lowest BCUT2D eigenvalue weighted by molar-refractivity contribution is -0.128. The Kier molecular flexibility index (Phi) is 6.14. The first-order chi connectivity index (χ1) is 6.11. The standard InChI is InChI=1S/C9H17NO3/c1-3-8(12)7(2)6-9(13)10-4-5-11/h7,11H,3-6H2,1-2H3,(H,10,13). The molecule has 4 heteroatoms. The van der Waals surface area contributed by atoms with Crippen molar-refractivity contribution >= 4 is 11.7 Å². The molecular weight excluding hydrogens is 170 g/mol. The van der Waals surface area contributed by atoms with Crippen molar-refractivity contribution in [2.24, 2.45) is 5.92 Å². The van der Waals surface area contributed by atoms with Crippen molar-refractivity contribution in [1.29, 1.82) is 0 Å². The number of carbonyl (C=O) groups is 2. The van der Waals surface area contributed by atoms with Crippen LogP contribution in [0.25, 0.3) is 0 Å². The van der Waals surface area contributed by atoms with E-state index in [1.165, 1.54) is 0 Å². The van der Waals surface area contributed by atoms with Gasteiger partial charge in [-0.25, -0.2) is 0 Å². The van der Waals surface area contributed by atoms with E-state index >= 15 is 0 Å². The van der Waals surface area contributed by atoms with Crippen LogP contribution in [-0.2, 0) is 9.59 Å². The largest absolute Gasteiger partial charge is 0.395 e. The van der Waals surface area contributed by atoms with E-state index in [0.717, 1.165) is 0 Å². The zero-order chi connectivity index (χ0) is 10.3. The molecule has 0 aliphatic heterocycles. The molecule has 0 spiro atoms. The van der Waals surface area contributed by atoms with Crippen LogP contribution in [-0.4, -0.2) is 29.9 Å². The molecule has 13 heavy (non-hydrogen) atoms. The Morgan fingerprint density at radius 2 is 2.08 bits per heavy atom. The normalized spacial score (nSPS) is 12.2. The third kappa shape index (κ3) is 5.36. The van der Waals surface area contributed by atoms with Crippen molar-refractivity contribution in [3.63, 3.8) is 0 Å². The van der Waals surface area contributed by atoms with Gasteiger partial charge in [0, 0.05) is 25.3 Å². The predicted octanol–water partition coefficient (Wildman–Crippen LogP) is 0.100. The first-order valence-electron chi connectivity index (χ1n) is 4.52. The third-order valence-electron chi connectivity index (χ3n) is 1.82. The fraction of sp³-hybridized carbons (Fsp3) is 0.778. The Labute approximate surface area is 78.3 Å². The third-order valence-corrected chi connectivity index (χ3v) is 1.82. The second kappa shape index (κ2) is 6.60. The van der Waals surface area contributed by atoms with E-state index in [1.807, 2.05) is 0 Å². The van der Waals surface area contributed by atoms with E-state index in [2.05, 4.69) is 5.32 Å². The summed E-state index contributed by atoms with van der Waals surface area (Å²) in [5, 5.41) is 10.9. The fourth-order valence-electron chi connectivity index (χ4n) is 1.01. The van der Waals surface area contributed by atoms with Crippen LogP contribution >= 0.6 is 0 Å². The van der Waals surface area contributed by atoms with Crippen LogP contribution in [0.3, 0.4) is 0 Å². The zero-order valence-corrected chi connectivity index (χ0v) is 8.17. The lowest BCUT2D eigenvalue weighted by Crippen LogP contribution is -2.29. The molecule has 0 saturated carbocycles. The number of carbonyl (C=O) groups excluding carboxylic acids is 2. The number of hydrogen-bond acceptors (Lipinski definition) is 3. The quantitative estimate of drug-likeness (QED) is 0.619. The molecule has 0 aromatic heterocycles. The summed E-state index contributed by atoms with van der Waals surface area (Å²) >= 11 is 0. The summed E-state index contributed by atoms with van der Waals surface area (Å²) in [6.45, 7) is 3.71. The summed E-state index contributed by atoms with van der Waals surface area (Å²) in [4.78, 5) is 22.1. The molecule has 2 N–H and O–H groups in total. The number of hydrogen-bond donors (Lipinski definition) is 2. The van der Waals surface area contributed by atoms with Crippen LogP contribution in [0, 0.1) is 5.92 Å². The summed E-state index contributed by atoms with van der Waals surface area (Å²) < 4.78 is 0. The van der Waals surface area contributed by atoms with E-state index in [-0.39, 0.29) is 37.2 Å². The zero-order valence-electron chi connectivity index (χ0n) is 8.17. The van der Waals surface area contributed by atoms with Gasteiger partial charge in [0.2, 0.25) is 5.91 Å². The molecule has 0 rings (SSSR count). The number of aliphatic hydroxyl groups excluding tert-OH is 1. The van der Waals surface area contributed by atoms with Crippen molar-refractivity contribution in [2.45, 2.75) is 26.7 Å². The van der Waals surface area contributed by atoms with Gasteiger partial charge in [0.25, 0.3) is 0 Å². The molecule has 0 aromatic carbocycles. The number of Topliss-reactive ketones (excluding diaryl/α,β-unsaturated/α-hetero) is 1. The highest BCUT2D eigenvalue weighted by Crippen LogP contribution is 2.05. The van der Waals surface area contributed by atoms with E-state index in [1.54, 1.807) is 13.8 Å². The smallest absolute Gasteiger partial charge is 0.220 e. The fourth-order valence-corrected chi connectivity index (χ4v) is 1.01. The minimum Gasteiger partial charge on any atom is -0.395 e. The molecule has 0 bridgehead atoms. The molecule has 0 radical (unpaired) electrons. The maximum Gasteiger partial charge on any atom is 0.220 e. The molecule has 76 valence electrons. The highest BCUT2D eigenvalue weighted by Gasteiger charge is 2.14. The minimum atomic E-state index is -0.219. The highest BCUT2D eigenvalue weighted by atomic mass is 16.3. The van der Waals surface area contributed by atoms with Crippen LogP contribution in [0.4, 0.5) is 0 Å². The molecule has 0 saturated heterocycles. The lowest BCUT2D eigenvalue weighted by Gasteiger charge is -2.08. The SMILES string of the molecule is CCC(=O)C(C)CC(=O)NCCO. The summed E-state index contributed by atoms with van der Waals surface area (Å²) in [5.41, 5.74) is 0. The van der Waals surface area contributed by atoms with Gasteiger partial charge < -0.3 is 10.4 Å². The Hall–Kier alpha value is -0.900. The summed E-state index contributed by atoms with van der Waals surface area (Å²) in [5.74, 6) is -0.300. The first kappa shape index (κ1) is 12.1. The van der Waals surface area contributed by atoms with E-state index in [0.29, 0.717) is 6.42 Å². The van der Waals surface area contributed by atoms with Gasteiger partial charge in [-0.2, -0.15) is 0 Å². The van der Waals surface area contributed by atoms with Gasteiger partial charge in [-0.05, 0) is 0 Å². The average molecular weight is 187 g/mol. The van der Waals surface area contributed by atoms with Gasteiger partial charge in [-0.1, -0.05) is 13.8 Å². The first-order valence-corrected chi connectivity index (χ1v) is 4.52. The highest BCUT2D eigenvalue weighted by molar-refractivity contribution is 5.86. The second-order valence-corrected chi connectivity index (χ2v) is 3.00. The average Bonchev–Trinajstić information content (AvgIpc) is 2.13.